The number of aromatic nitrogens is 2. The fourth-order valence-electron chi connectivity index (χ4n) is 2.50. The van der Waals surface area contributed by atoms with Gasteiger partial charge in [-0.25, -0.2) is 0 Å². The lowest BCUT2D eigenvalue weighted by Crippen LogP contribution is -2.21. The summed E-state index contributed by atoms with van der Waals surface area (Å²) in [7, 11) is 0. The highest BCUT2D eigenvalue weighted by molar-refractivity contribution is 6.33. The Labute approximate surface area is 181 Å². The summed E-state index contributed by atoms with van der Waals surface area (Å²) in [6.45, 7) is 1.39. The zero-order valence-electron chi connectivity index (χ0n) is 16.3. The largest absolute Gasteiger partial charge is 0.456 e. The quantitative estimate of drug-likeness (QED) is 0.315. The Kier molecular flexibility index (Phi) is 6.93. The van der Waals surface area contributed by atoms with Gasteiger partial charge in [0.1, 0.15) is 0 Å². The molecule has 10 nitrogen and oxygen atoms in total. The van der Waals surface area contributed by atoms with E-state index in [0.29, 0.717) is 5.89 Å². The van der Waals surface area contributed by atoms with E-state index in [4.69, 9.17) is 20.8 Å². The number of nitrogens with zero attached hydrogens (tertiary/aromatic N) is 3. The van der Waals surface area contributed by atoms with Gasteiger partial charge >= 0.3 is 5.97 Å². The monoisotopic (exact) mass is 444 g/mol. The highest BCUT2D eigenvalue weighted by atomic mass is 35.5. The normalized spacial score (nSPS) is 10.5. The molecule has 3 aromatic rings. The Balaban J connectivity index is 1.46. The van der Waals surface area contributed by atoms with Gasteiger partial charge in [-0.3, -0.25) is 19.7 Å². The Hall–Kier alpha value is -3.79. The summed E-state index contributed by atoms with van der Waals surface area (Å²) in [6, 6.07) is 11.2. The summed E-state index contributed by atoms with van der Waals surface area (Å²) in [5, 5.41) is 21.1. The summed E-state index contributed by atoms with van der Waals surface area (Å²) in [5.41, 5.74) is 1.68. The van der Waals surface area contributed by atoms with E-state index in [-0.39, 0.29) is 35.1 Å². The second-order valence-electron chi connectivity index (χ2n) is 6.50. The van der Waals surface area contributed by atoms with Gasteiger partial charge in [-0.2, -0.15) is 0 Å². The summed E-state index contributed by atoms with van der Waals surface area (Å²) in [4.78, 5) is 34.0. The van der Waals surface area contributed by atoms with Crippen LogP contribution >= 0.6 is 11.6 Å². The topological polar surface area (TPSA) is 137 Å². The van der Waals surface area contributed by atoms with Gasteiger partial charge in [0, 0.05) is 24.1 Å². The third-order valence-corrected chi connectivity index (χ3v) is 4.44. The van der Waals surface area contributed by atoms with Crippen molar-refractivity contribution in [3.05, 3.63) is 69.1 Å². The summed E-state index contributed by atoms with van der Waals surface area (Å²) in [5.74, 6) is -0.720. The predicted molar refractivity (Wildman–Crippen MR) is 110 cm³/mol. The van der Waals surface area contributed by atoms with E-state index in [2.05, 4.69) is 15.5 Å². The maximum Gasteiger partial charge on any atom is 0.306 e. The molecule has 3 rings (SSSR count). The third-order valence-electron chi connectivity index (χ3n) is 4.11. The molecule has 0 aliphatic rings. The molecule has 1 amide bonds. The molecule has 0 radical (unpaired) electrons. The highest BCUT2D eigenvalue weighted by Crippen LogP contribution is 2.26. The number of carbonyl (C=O) groups excluding carboxylic acids is 2. The average Bonchev–Trinajstić information content (AvgIpc) is 3.21. The molecule has 0 saturated carbocycles. The fourth-order valence-corrected chi connectivity index (χ4v) is 2.67. The molecule has 0 bridgehead atoms. The number of benzene rings is 2. The maximum atomic E-state index is 12.0. The number of nitrogens with one attached hydrogen (secondary N) is 1. The minimum absolute atomic E-state index is 0.0476. The summed E-state index contributed by atoms with van der Waals surface area (Å²) < 4.78 is 10.4. The first-order chi connectivity index (χ1) is 14.8. The number of carbonyl (C=O) groups is 2. The molecule has 0 aliphatic heterocycles. The number of rotatable bonds is 8. The van der Waals surface area contributed by atoms with E-state index in [0.717, 1.165) is 17.2 Å². The summed E-state index contributed by atoms with van der Waals surface area (Å²) >= 11 is 5.91. The third kappa shape index (κ3) is 6.09. The van der Waals surface area contributed by atoms with Crippen LogP contribution in [0.1, 0.15) is 17.9 Å². The van der Waals surface area contributed by atoms with Crippen LogP contribution in [0.3, 0.4) is 0 Å². The van der Waals surface area contributed by atoms with Crippen molar-refractivity contribution in [2.75, 3.05) is 11.9 Å². The zero-order valence-corrected chi connectivity index (χ0v) is 17.1. The number of hydrogen-bond donors (Lipinski definition) is 1. The minimum Gasteiger partial charge on any atom is -0.456 e. The lowest BCUT2D eigenvalue weighted by atomic mass is 10.1. The maximum absolute atomic E-state index is 12.0. The first-order valence-electron chi connectivity index (χ1n) is 9.10. The van der Waals surface area contributed by atoms with E-state index in [1.54, 1.807) is 0 Å². The fraction of sp³-hybridized carbons (Fsp3) is 0.200. The van der Waals surface area contributed by atoms with Gasteiger partial charge < -0.3 is 14.5 Å². The van der Waals surface area contributed by atoms with Crippen LogP contribution in [0.4, 0.5) is 11.4 Å². The van der Waals surface area contributed by atoms with E-state index in [1.807, 2.05) is 31.2 Å². The van der Waals surface area contributed by atoms with Gasteiger partial charge in [0.25, 0.3) is 11.6 Å². The first-order valence-corrected chi connectivity index (χ1v) is 9.48. The van der Waals surface area contributed by atoms with Crippen molar-refractivity contribution in [3.63, 3.8) is 0 Å². The number of anilines is 1. The predicted octanol–water partition coefficient (Wildman–Crippen LogP) is 3.72. The Morgan fingerprint density at radius 3 is 2.65 bits per heavy atom. The number of nitro benzene ring substituents is 1. The number of ether oxygens (including phenoxy) is 1. The van der Waals surface area contributed by atoms with Crippen molar-refractivity contribution < 1.29 is 23.7 Å². The van der Waals surface area contributed by atoms with Crippen molar-refractivity contribution in [2.45, 2.75) is 19.8 Å². The van der Waals surface area contributed by atoms with Crippen LogP contribution in [0, 0.1) is 17.0 Å². The standard InChI is InChI=1S/C20H17ClN4O6/c1-12-2-4-13(5-3-12)20-24-23-18(31-20)8-9-19(27)30-11-17(26)22-16-10-14(25(28)29)6-7-15(16)21/h2-7,10H,8-9,11H2,1H3,(H,22,26). The molecule has 0 saturated heterocycles. The van der Waals surface area contributed by atoms with E-state index in [9.17, 15) is 19.7 Å². The zero-order chi connectivity index (χ0) is 22.4. The average molecular weight is 445 g/mol. The van der Waals surface area contributed by atoms with Crippen LogP contribution in [0.25, 0.3) is 11.5 Å². The van der Waals surface area contributed by atoms with Gasteiger partial charge in [0.2, 0.25) is 11.8 Å². The second kappa shape index (κ2) is 9.81. The van der Waals surface area contributed by atoms with Crippen molar-refractivity contribution in [3.8, 4) is 11.5 Å². The molecule has 0 spiro atoms. The second-order valence-corrected chi connectivity index (χ2v) is 6.90. The molecule has 160 valence electrons. The SMILES string of the molecule is Cc1ccc(-c2nnc(CCC(=O)OCC(=O)Nc3cc([N+](=O)[O-])ccc3Cl)o2)cc1. The number of hydrogen-bond acceptors (Lipinski definition) is 8. The minimum atomic E-state index is -0.685. The molecule has 11 heteroatoms. The Morgan fingerprint density at radius 1 is 1.19 bits per heavy atom. The van der Waals surface area contributed by atoms with Crippen LogP contribution in [-0.4, -0.2) is 33.6 Å². The lowest BCUT2D eigenvalue weighted by Gasteiger charge is -2.07. The molecule has 2 aromatic carbocycles. The molecular weight excluding hydrogens is 428 g/mol. The van der Waals surface area contributed by atoms with Gasteiger partial charge in [0.05, 0.1) is 22.1 Å². The van der Waals surface area contributed by atoms with Crippen LogP contribution in [0.5, 0.6) is 0 Å². The van der Waals surface area contributed by atoms with Gasteiger partial charge in [0.15, 0.2) is 6.61 Å². The Morgan fingerprint density at radius 2 is 1.94 bits per heavy atom. The smallest absolute Gasteiger partial charge is 0.306 e. The molecule has 1 heterocycles. The first kappa shape index (κ1) is 21.9. The van der Waals surface area contributed by atoms with Crippen LogP contribution in [-0.2, 0) is 20.7 Å². The number of nitro groups is 1. The number of esters is 1. The van der Waals surface area contributed by atoms with Gasteiger partial charge in [-0.15, -0.1) is 10.2 Å². The molecule has 0 atom stereocenters. The van der Waals surface area contributed by atoms with E-state index < -0.39 is 23.4 Å². The van der Waals surface area contributed by atoms with Crippen molar-refractivity contribution in [1.82, 2.24) is 10.2 Å². The van der Waals surface area contributed by atoms with Crippen LogP contribution in [0.2, 0.25) is 5.02 Å². The van der Waals surface area contributed by atoms with Gasteiger partial charge in [-0.05, 0) is 25.1 Å². The van der Waals surface area contributed by atoms with Crippen molar-refractivity contribution in [1.29, 1.82) is 0 Å². The van der Waals surface area contributed by atoms with Crippen LogP contribution in [0.15, 0.2) is 46.9 Å². The molecule has 1 aromatic heterocycles. The molecule has 0 unspecified atom stereocenters. The molecule has 0 fully saturated rings. The van der Waals surface area contributed by atoms with E-state index >= 15 is 0 Å². The number of halogens is 1. The van der Waals surface area contributed by atoms with Crippen LogP contribution < -0.4 is 5.32 Å². The van der Waals surface area contributed by atoms with E-state index in [1.165, 1.54) is 12.1 Å². The molecular formula is C20H17ClN4O6. The lowest BCUT2D eigenvalue weighted by molar-refractivity contribution is -0.384. The molecule has 31 heavy (non-hydrogen) atoms. The number of non-ortho nitro benzene ring substituents is 1. The van der Waals surface area contributed by atoms with Crippen molar-refractivity contribution >= 4 is 34.9 Å². The highest BCUT2D eigenvalue weighted by Gasteiger charge is 2.15. The Bertz CT molecular complexity index is 1110. The van der Waals surface area contributed by atoms with Crippen molar-refractivity contribution in [2.24, 2.45) is 0 Å². The molecule has 1 N–H and O–H groups in total. The number of aryl methyl sites for hydroxylation is 2. The molecule has 0 aliphatic carbocycles. The van der Waals surface area contributed by atoms with Gasteiger partial charge in [-0.1, -0.05) is 29.3 Å². The number of amides is 1. The summed E-state index contributed by atoms with van der Waals surface area (Å²) in [6.07, 6.45) is 0.0798.